The number of hydrogen-bond acceptors (Lipinski definition) is 5. The van der Waals surface area contributed by atoms with Crippen molar-refractivity contribution in [2.45, 2.75) is 6.92 Å². The molecule has 0 N–H and O–H groups in total. The van der Waals surface area contributed by atoms with Crippen LogP contribution in [-0.4, -0.2) is 37.5 Å². The number of aryl methyl sites for hydroxylation is 1. The third-order valence-electron chi connectivity index (χ3n) is 5.48. The van der Waals surface area contributed by atoms with E-state index in [-0.39, 0.29) is 0 Å². The normalized spacial score (nSPS) is 10.8. The van der Waals surface area contributed by atoms with Crippen LogP contribution >= 0.6 is 11.6 Å². The Morgan fingerprint density at radius 1 is 1.00 bits per heavy atom. The highest BCUT2D eigenvalue weighted by atomic mass is 35.5. The average Bonchev–Trinajstić information content (AvgIpc) is 3.32. The number of nitrogens with zero attached hydrogens (tertiary/aromatic N) is 5. The highest BCUT2D eigenvalue weighted by Gasteiger charge is 2.20. The molecule has 0 saturated heterocycles. The predicted molar refractivity (Wildman–Crippen MR) is 135 cm³/mol. The number of ether oxygens (including phenoxy) is 2. The summed E-state index contributed by atoms with van der Waals surface area (Å²) >= 11 is 6.19. The monoisotopic (exact) mass is 475 g/mol. The largest absolute Gasteiger partial charge is 0.493 e. The minimum atomic E-state index is 0.465. The number of methoxy groups -OCH3 is 2. The Hall–Kier alpha value is -3.84. The zero-order valence-electron chi connectivity index (χ0n) is 19.5. The maximum atomic E-state index is 6.19. The van der Waals surface area contributed by atoms with Gasteiger partial charge in [-0.05, 0) is 48.2 Å². The van der Waals surface area contributed by atoms with Crippen molar-refractivity contribution < 1.29 is 14.0 Å². The molecule has 0 saturated carbocycles. The van der Waals surface area contributed by atoms with Gasteiger partial charge in [0, 0.05) is 29.2 Å². The molecule has 0 radical (unpaired) electrons. The maximum absolute atomic E-state index is 6.19. The topological polar surface area (TPSA) is 65.5 Å². The molecule has 0 aliphatic rings. The molecule has 4 rings (SSSR count). The van der Waals surface area contributed by atoms with Gasteiger partial charge in [0.15, 0.2) is 11.5 Å². The Balaban J connectivity index is 2.01. The lowest BCUT2D eigenvalue weighted by molar-refractivity contribution is -0.597. The Kier molecular flexibility index (Phi) is 6.84. The molecule has 2 aromatic carbocycles. The molecule has 0 spiro atoms. The molecule has 2 heterocycles. The van der Waals surface area contributed by atoms with Crippen molar-refractivity contribution in [2.24, 2.45) is 0 Å². The highest BCUT2D eigenvalue weighted by molar-refractivity contribution is 6.30. The van der Waals surface area contributed by atoms with E-state index in [2.05, 4.69) is 29.4 Å². The molecule has 2 aromatic heterocycles. The molecule has 0 unspecified atom stereocenters. The van der Waals surface area contributed by atoms with Crippen LogP contribution in [0, 0.1) is 6.92 Å². The molecule has 0 fully saturated rings. The standard InChI is InChI=1S/C26H26ClN5O2/c1-6-12-31(13-7-2)25-28-26(30-29-25)32-17(3)14-19-15-22(33-4)23(34-5)16-21(19)24(32)18-8-10-20(27)11-9-18/h6-11,14-16H,1-2,12-13H2,3-5H3. The number of rotatable bonds is 9. The first-order valence-corrected chi connectivity index (χ1v) is 11.1. The summed E-state index contributed by atoms with van der Waals surface area (Å²) in [5.41, 5.74) is 2.78. The number of benzene rings is 2. The van der Waals surface area contributed by atoms with E-state index in [1.807, 2.05) is 52.8 Å². The molecule has 4 aromatic rings. The van der Waals surface area contributed by atoms with Crippen LogP contribution in [0.1, 0.15) is 5.69 Å². The third-order valence-corrected chi connectivity index (χ3v) is 5.73. The number of fused-ring (bicyclic) bond motifs is 1. The van der Waals surface area contributed by atoms with Crippen molar-refractivity contribution in [1.82, 2.24) is 15.2 Å². The van der Waals surface area contributed by atoms with Crippen molar-refractivity contribution in [2.75, 3.05) is 32.2 Å². The second-order valence-corrected chi connectivity index (χ2v) is 8.10. The van der Waals surface area contributed by atoms with Crippen LogP contribution in [-0.2, 0) is 0 Å². The summed E-state index contributed by atoms with van der Waals surface area (Å²) in [6.45, 7) is 10.8. The summed E-state index contributed by atoms with van der Waals surface area (Å²) in [7, 11) is 3.25. The van der Waals surface area contributed by atoms with Gasteiger partial charge in [0.05, 0.1) is 19.9 Å². The van der Waals surface area contributed by atoms with Gasteiger partial charge >= 0.3 is 0 Å². The molecular weight excluding hydrogens is 450 g/mol. The van der Waals surface area contributed by atoms with Gasteiger partial charge in [-0.25, -0.2) is 0 Å². The fraction of sp³-hybridized carbons (Fsp3) is 0.192. The summed E-state index contributed by atoms with van der Waals surface area (Å²) in [5.74, 6) is 2.27. The van der Waals surface area contributed by atoms with E-state index in [4.69, 9.17) is 26.1 Å². The molecule has 7 nitrogen and oxygen atoms in total. The summed E-state index contributed by atoms with van der Waals surface area (Å²) in [5, 5.41) is 11.4. The second-order valence-electron chi connectivity index (χ2n) is 7.67. The van der Waals surface area contributed by atoms with Gasteiger partial charge in [-0.15, -0.1) is 23.4 Å². The minimum absolute atomic E-state index is 0.465. The first kappa shape index (κ1) is 23.3. The molecule has 0 aliphatic heterocycles. The Morgan fingerprint density at radius 2 is 1.65 bits per heavy atom. The van der Waals surface area contributed by atoms with Crippen molar-refractivity contribution in [1.29, 1.82) is 0 Å². The van der Waals surface area contributed by atoms with Crippen LogP contribution in [0.25, 0.3) is 28.0 Å². The van der Waals surface area contributed by atoms with Gasteiger partial charge < -0.3 is 14.4 Å². The van der Waals surface area contributed by atoms with Gasteiger partial charge in [-0.1, -0.05) is 35.9 Å². The SMILES string of the molecule is C=CCN(CC=C)c1nnc(-[n+]2c(C)cc3cc(OC)c(OC)cc3c2-c2ccc(Cl)cc2)[n-]1. The Labute approximate surface area is 203 Å². The van der Waals surface area contributed by atoms with Crippen LogP contribution in [0.5, 0.6) is 11.5 Å². The van der Waals surface area contributed by atoms with Crippen molar-refractivity contribution in [3.8, 4) is 28.7 Å². The quantitative estimate of drug-likeness (QED) is 0.258. The summed E-state index contributed by atoms with van der Waals surface area (Å²) in [6, 6.07) is 13.7. The van der Waals surface area contributed by atoms with Crippen molar-refractivity contribution >= 4 is 28.3 Å². The van der Waals surface area contributed by atoms with Gasteiger partial charge in [0.25, 0.3) is 5.95 Å². The van der Waals surface area contributed by atoms with Crippen LogP contribution in [0.15, 0.2) is 67.8 Å². The third kappa shape index (κ3) is 4.34. The minimum Gasteiger partial charge on any atom is -0.493 e. The molecule has 0 aliphatic carbocycles. The predicted octanol–water partition coefficient (Wildman–Crippen LogP) is 4.69. The van der Waals surface area contributed by atoms with Gasteiger partial charge in [-0.3, -0.25) is 4.57 Å². The van der Waals surface area contributed by atoms with Gasteiger partial charge in [0.1, 0.15) is 0 Å². The van der Waals surface area contributed by atoms with E-state index < -0.39 is 0 Å². The van der Waals surface area contributed by atoms with E-state index in [0.717, 1.165) is 27.7 Å². The first-order valence-electron chi connectivity index (χ1n) is 10.7. The average molecular weight is 476 g/mol. The van der Waals surface area contributed by atoms with E-state index in [1.165, 1.54) is 0 Å². The Morgan fingerprint density at radius 3 is 2.26 bits per heavy atom. The van der Waals surface area contributed by atoms with Gasteiger partial charge in [0.2, 0.25) is 5.95 Å². The van der Waals surface area contributed by atoms with E-state index >= 15 is 0 Å². The molecule has 34 heavy (non-hydrogen) atoms. The smallest absolute Gasteiger partial charge is 0.257 e. The molecule has 174 valence electrons. The van der Waals surface area contributed by atoms with E-state index in [1.54, 1.807) is 26.4 Å². The summed E-state index contributed by atoms with van der Waals surface area (Å²) < 4.78 is 13.1. The van der Waals surface area contributed by atoms with E-state index in [0.29, 0.717) is 41.5 Å². The lowest BCUT2D eigenvalue weighted by atomic mass is 10.0. The zero-order chi connectivity index (χ0) is 24.2. The zero-order valence-corrected chi connectivity index (χ0v) is 20.2. The summed E-state index contributed by atoms with van der Waals surface area (Å²) in [6.07, 6.45) is 3.60. The highest BCUT2D eigenvalue weighted by Crippen LogP contribution is 2.36. The van der Waals surface area contributed by atoms with Crippen LogP contribution in [0.2, 0.25) is 5.02 Å². The number of pyridine rings is 1. The number of anilines is 1. The molecule has 0 bridgehead atoms. The Bertz CT molecular complexity index is 1340. The van der Waals surface area contributed by atoms with Crippen molar-refractivity contribution in [3.05, 3.63) is 78.5 Å². The van der Waals surface area contributed by atoms with Crippen LogP contribution in [0.3, 0.4) is 0 Å². The first-order chi connectivity index (χ1) is 16.5. The lowest BCUT2D eigenvalue weighted by Gasteiger charge is -2.19. The van der Waals surface area contributed by atoms with E-state index in [9.17, 15) is 0 Å². The molecule has 0 amide bonds. The maximum Gasteiger partial charge on any atom is 0.257 e. The number of hydrogen-bond donors (Lipinski definition) is 0. The summed E-state index contributed by atoms with van der Waals surface area (Å²) in [4.78, 5) is 6.70. The number of aromatic nitrogens is 4. The molecule has 8 heteroatoms. The van der Waals surface area contributed by atoms with Crippen LogP contribution in [0.4, 0.5) is 5.95 Å². The lowest BCUT2D eigenvalue weighted by Crippen LogP contribution is -2.39. The second kappa shape index (κ2) is 9.97. The molecular formula is C26H26ClN5O2. The number of halogens is 1. The fourth-order valence-electron chi connectivity index (χ4n) is 3.96. The fourth-order valence-corrected chi connectivity index (χ4v) is 4.08. The van der Waals surface area contributed by atoms with Crippen molar-refractivity contribution in [3.63, 3.8) is 0 Å². The molecule has 0 atom stereocenters. The van der Waals surface area contributed by atoms with Crippen LogP contribution < -0.4 is 23.9 Å². The van der Waals surface area contributed by atoms with Gasteiger partial charge in [-0.2, -0.15) is 4.98 Å².